The molecule has 1 aliphatic heterocycles. The molecule has 2 rings (SSSR count). The summed E-state index contributed by atoms with van der Waals surface area (Å²) in [7, 11) is 1.59. The maximum Gasteiger partial charge on any atom is 0.253 e. The molecule has 0 radical (unpaired) electrons. The van der Waals surface area contributed by atoms with Crippen molar-refractivity contribution in [2.24, 2.45) is 5.92 Å². The molecule has 0 aliphatic carbocycles. The molecule has 0 atom stereocenters. The van der Waals surface area contributed by atoms with E-state index in [0.29, 0.717) is 24.4 Å². The fourth-order valence-electron chi connectivity index (χ4n) is 2.68. The Morgan fingerprint density at radius 1 is 1.32 bits per heavy atom. The minimum atomic E-state index is 0.00585. The molecule has 1 aromatic rings. The first-order chi connectivity index (χ1) is 10.7. The molecule has 1 saturated heterocycles. The van der Waals surface area contributed by atoms with Crippen LogP contribution >= 0.6 is 0 Å². The van der Waals surface area contributed by atoms with Gasteiger partial charge in [0.2, 0.25) is 5.91 Å². The van der Waals surface area contributed by atoms with E-state index < -0.39 is 0 Å². The van der Waals surface area contributed by atoms with E-state index in [1.165, 1.54) is 0 Å². The van der Waals surface area contributed by atoms with Crippen LogP contribution in [0.1, 0.15) is 36.5 Å². The lowest BCUT2D eigenvalue weighted by Crippen LogP contribution is -2.43. The fourth-order valence-corrected chi connectivity index (χ4v) is 2.68. The maximum absolute atomic E-state index is 12.5. The molecular weight excluding hydrogens is 280 g/mol. The van der Waals surface area contributed by atoms with Gasteiger partial charge in [-0.2, -0.15) is 0 Å². The second-order valence-corrected chi connectivity index (χ2v) is 5.59. The summed E-state index contributed by atoms with van der Waals surface area (Å²) in [5.74, 6) is 0.835. The number of carbonyl (C=O) groups excluding carboxylic acids is 2. The van der Waals surface area contributed by atoms with Crippen LogP contribution in [0.25, 0.3) is 0 Å². The molecule has 1 aliphatic rings. The molecule has 120 valence electrons. The number of hydrogen-bond acceptors (Lipinski definition) is 3. The highest BCUT2D eigenvalue weighted by molar-refractivity contribution is 5.94. The standard InChI is InChI=1S/C17H24N2O3/c1-3-9-18-16(20)13-7-10-19(11-8-13)17(21)14-5-4-6-15(12-14)22-2/h4-6,12-13H,3,7-11H2,1-2H3,(H,18,20). The van der Waals surface area contributed by atoms with Gasteiger partial charge >= 0.3 is 0 Å². The van der Waals surface area contributed by atoms with Crippen molar-refractivity contribution in [3.8, 4) is 5.75 Å². The largest absolute Gasteiger partial charge is 0.497 e. The number of rotatable bonds is 5. The summed E-state index contributed by atoms with van der Waals surface area (Å²) in [6.45, 7) is 4.01. The summed E-state index contributed by atoms with van der Waals surface area (Å²) in [6, 6.07) is 7.19. The molecule has 1 N–H and O–H groups in total. The van der Waals surface area contributed by atoms with Crippen molar-refractivity contribution in [2.75, 3.05) is 26.7 Å². The molecule has 1 aromatic carbocycles. The molecule has 0 saturated carbocycles. The van der Waals surface area contributed by atoms with E-state index in [9.17, 15) is 9.59 Å². The van der Waals surface area contributed by atoms with Crippen LogP contribution in [0.5, 0.6) is 5.75 Å². The van der Waals surface area contributed by atoms with E-state index in [2.05, 4.69) is 5.32 Å². The number of amides is 2. The van der Waals surface area contributed by atoms with Crippen LogP contribution in [0.2, 0.25) is 0 Å². The lowest BCUT2D eigenvalue weighted by molar-refractivity contribution is -0.126. The Labute approximate surface area is 131 Å². The molecule has 1 heterocycles. The first-order valence-electron chi connectivity index (χ1n) is 7.86. The van der Waals surface area contributed by atoms with Gasteiger partial charge in [0.1, 0.15) is 5.75 Å². The smallest absolute Gasteiger partial charge is 0.253 e. The van der Waals surface area contributed by atoms with Crippen LogP contribution in [0.15, 0.2) is 24.3 Å². The summed E-state index contributed by atoms with van der Waals surface area (Å²) in [5.41, 5.74) is 0.633. The molecule has 0 unspecified atom stereocenters. The number of methoxy groups -OCH3 is 1. The monoisotopic (exact) mass is 304 g/mol. The molecule has 1 fully saturated rings. The van der Waals surface area contributed by atoms with Gasteiger partial charge in [0.05, 0.1) is 7.11 Å². The van der Waals surface area contributed by atoms with Gasteiger partial charge in [-0.05, 0) is 37.5 Å². The van der Waals surface area contributed by atoms with Crippen molar-refractivity contribution in [3.63, 3.8) is 0 Å². The van der Waals surface area contributed by atoms with E-state index in [-0.39, 0.29) is 17.7 Å². The van der Waals surface area contributed by atoms with Gasteiger partial charge in [-0.3, -0.25) is 9.59 Å². The summed E-state index contributed by atoms with van der Waals surface area (Å²) in [4.78, 5) is 26.3. The average molecular weight is 304 g/mol. The Bertz CT molecular complexity index is 522. The van der Waals surface area contributed by atoms with Crippen LogP contribution < -0.4 is 10.1 Å². The number of nitrogens with one attached hydrogen (secondary N) is 1. The van der Waals surface area contributed by atoms with Crippen molar-refractivity contribution in [2.45, 2.75) is 26.2 Å². The van der Waals surface area contributed by atoms with Crippen molar-refractivity contribution in [3.05, 3.63) is 29.8 Å². The molecule has 5 nitrogen and oxygen atoms in total. The lowest BCUT2D eigenvalue weighted by atomic mass is 9.95. The van der Waals surface area contributed by atoms with Gasteiger partial charge < -0.3 is 15.0 Å². The number of carbonyl (C=O) groups is 2. The molecule has 5 heteroatoms. The zero-order valence-corrected chi connectivity index (χ0v) is 13.3. The third-order valence-corrected chi connectivity index (χ3v) is 4.02. The number of piperidine rings is 1. The lowest BCUT2D eigenvalue weighted by Gasteiger charge is -2.31. The van der Waals surface area contributed by atoms with Crippen molar-refractivity contribution in [1.82, 2.24) is 10.2 Å². The second-order valence-electron chi connectivity index (χ2n) is 5.59. The summed E-state index contributed by atoms with van der Waals surface area (Å²) in [5, 5.41) is 2.93. The van der Waals surface area contributed by atoms with E-state index >= 15 is 0 Å². The van der Waals surface area contributed by atoms with E-state index in [0.717, 1.165) is 25.8 Å². The van der Waals surface area contributed by atoms with Crippen LogP contribution in [0.4, 0.5) is 0 Å². The Hall–Kier alpha value is -2.04. The highest BCUT2D eigenvalue weighted by Gasteiger charge is 2.27. The van der Waals surface area contributed by atoms with Gasteiger partial charge in [0.15, 0.2) is 0 Å². The predicted molar refractivity (Wildman–Crippen MR) is 84.9 cm³/mol. The quantitative estimate of drug-likeness (QED) is 0.906. The van der Waals surface area contributed by atoms with Crippen LogP contribution in [-0.4, -0.2) is 43.5 Å². The molecule has 0 bridgehead atoms. The summed E-state index contributed by atoms with van der Waals surface area (Å²) >= 11 is 0. The van der Waals surface area contributed by atoms with Crippen LogP contribution in [-0.2, 0) is 4.79 Å². The highest BCUT2D eigenvalue weighted by Crippen LogP contribution is 2.21. The van der Waals surface area contributed by atoms with Crippen molar-refractivity contribution >= 4 is 11.8 Å². The average Bonchev–Trinajstić information content (AvgIpc) is 2.59. The van der Waals surface area contributed by atoms with Crippen LogP contribution in [0, 0.1) is 5.92 Å². The summed E-state index contributed by atoms with van der Waals surface area (Å²) in [6.07, 6.45) is 2.40. The Kier molecular flexibility index (Phi) is 5.81. The molecule has 22 heavy (non-hydrogen) atoms. The molecular formula is C17H24N2O3. The maximum atomic E-state index is 12.5. The number of hydrogen-bond donors (Lipinski definition) is 1. The Balaban J connectivity index is 1.90. The van der Waals surface area contributed by atoms with Gasteiger partial charge in [0, 0.05) is 31.1 Å². The topological polar surface area (TPSA) is 58.6 Å². The highest BCUT2D eigenvalue weighted by atomic mass is 16.5. The minimum absolute atomic E-state index is 0.00585. The SMILES string of the molecule is CCCNC(=O)C1CCN(C(=O)c2cccc(OC)c2)CC1. The van der Waals surface area contributed by atoms with E-state index in [1.54, 1.807) is 19.2 Å². The fraction of sp³-hybridized carbons (Fsp3) is 0.529. The third kappa shape index (κ3) is 4.00. The second kappa shape index (κ2) is 7.82. The number of benzene rings is 1. The van der Waals surface area contributed by atoms with Gasteiger partial charge in [-0.25, -0.2) is 0 Å². The zero-order valence-electron chi connectivity index (χ0n) is 13.3. The third-order valence-electron chi connectivity index (χ3n) is 4.02. The zero-order chi connectivity index (χ0) is 15.9. The number of nitrogens with zero attached hydrogens (tertiary/aromatic N) is 1. The Morgan fingerprint density at radius 2 is 2.05 bits per heavy atom. The predicted octanol–water partition coefficient (Wildman–Crippen LogP) is 2.07. The minimum Gasteiger partial charge on any atom is -0.497 e. The van der Waals surface area contributed by atoms with E-state index in [4.69, 9.17) is 4.74 Å². The number of ether oxygens (including phenoxy) is 1. The normalized spacial score (nSPS) is 15.5. The van der Waals surface area contributed by atoms with Gasteiger partial charge in [0.25, 0.3) is 5.91 Å². The molecule has 0 spiro atoms. The molecule has 0 aromatic heterocycles. The van der Waals surface area contributed by atoms with Crippen molar-refractivity contribution < 1.29 is 14.3 Å². The van der Waals surface area contributed by atoms with E-state index in [1.807, 2.05) is 24.0 Å². The Morgan fingerprint density at radius 3 is 2.68 bits per heavy atom. The molecule has 2 amide bonds. The van der Waals surface area contributed by atoms with Gasteiger partial charge in [-0.1, -0.05) is 13.0 Å². The first kappa shape index (κ1) is 16.3. The summed E-state index contributed by atoms with van der Waals surface area (Å²) < 4.78 is 5.15. The number of likely N-dealkylation sites (tertiary alicyclic amines) is 1. The first-order valence-corrected chi connectivity index (χ1v) is 7.86. The van der Waals surface area contributed by atoms with Crippen LogP contribution in [0.3, 0.4) is 0 Å². The van der Waals surface area contributed by atoms with Crippen molar-refractivity contribution in [1.29, 1.82) is 0 Å². The van der Waals surface area contributed by atoms with Gasteiger partial charge in [-0.15, -0.1) is 0 Å².